The molecule has 0 atom stereocenters. The highest BCUT2D eigenvalue weighted by atomic mass is 16.5. The molecule has 4 rings (SSSR count). The van der Waals surface area contributed by atoms with E-state index in [-0.39, 0.29) is 5.57 Å². The first kappa shape index (κ1) is 23.0. The van der Waals surface area contributed by atoms with Crippen LogP contribution >= 0.6 is 0 Å². The number of nitrogens with zero attached hydrogens (tertiary/aromatic N) is 4. The standard InChI is InChI=1S/C26H26N4O4/c1-4-5-15-34-21-13-11-18(12-14-21)23-19(17-30(27-23)20-9-7-6-8-10-20)16-22-24(31)28(2)26(33)29(3)25(22)32/h6-14,16-17H,4-5,15H2,1-3H3. The molecule has 4 amide bonds. The van der Waals surface area contributed by atoms with Crippen molar-refractivity contribution in [2.45, 2.75) is 19.8 Å². The summed E-state index contributed by atoms with van der Waals surface area (Å²) < 4.78 is 7.45. The van der Waals surface area contributed by atoms with E-state index >= 15 is 0 Å². The molecule has 0 spiro atoms. The second-order valence-corrected chi connectivity index (χ2v) is 8.01. The van der Waals surface area contributed by atoms with Gasteiger partial charge in [0.15, 0.2) is 0 Å². The van der Waals surface area contributed by atoms with Gasteiger partial charge < -0.3 is 4.74 Å². The van der Waals surface area contributed by atoms with Crippen LogP contribution < -0.4 is 4.74 Å². The predicted octanol–water partition coefficient (Wildman–Crippen LogP) is 4.15. The lowest BCUT2D eigenvalue weighted by atomic mass is 10.0. The number of hydrogen-bond donors (Lipinski definition) is 0. The quantitative estimate of drug-likeness (QED) is 0.302. The summed E-state index contributed by atoms with van der Waals surface area (Å²) in [5.74, 6) is -0.531. The van der Waals surface area contributed by atoms with Crippen LogP contribution in [0.4, 0.5) is 4.79 Å². The minimum Gasteiger partial charge on any atom is -0.494 e. The lowest BCUT2D eigenvalue weighted by Crippen LogP contribution is -2.52. The summed E-state index contributed by atoms with van der Waals surface area (Å²) in [5.41, 5.74) is 2.71. The van der Waals surface area contributed by atoms with Crippen molar-refractivity contribution >= 4 is 23.9 Å². The number of rotatable bonds is 7. The minimum atomic E-state index is -0.661. The van der Waals surface area contributed by atoms with Crippen molar-refractivity contribution in [3.63, 3.8) is 0 Å². The van der Waals surface area contributed by atoms with Crippen LogP contribution in [0.25, 0.3) is 23.0 Å². The Morgan fingerprint density at radius 3 is 2.18 bits per heavy atom. The van der Waals surface area contributed by atoms with Crippen LogP contribution in [0.1, 0.15) is 25.3 Å². The maximum absolute atomic E-state index is 12.7. The second-order valence-electron chi connectivity index (χ2n) is 8.01. The van der Waals surface area contributed by atoms with Crippen LogP contribution in [-0.4, -0.2) is 58.1 Å². The first-order valence-electron chi connectivity index (χ1n) is 11.1. The Kier molecular flexibility index (Phi) is 6.58. The third-order valence-electron chi connectivity index (χ3n) is 5.60. The Morgan fingerprint density at radius 1 is 0.912 bits per heavy atom. The van der Waals surface area contributed by atoms with Gasteiger partial charge >= 0.3 is 6.03 Å². The molecule has 0 radical (unpaired) electrons. The fourth-order valence-electron chi connectivity index (χ4n) is 3.60. The second kappa shape index (κ2) is 9.74. The van der Waals surface area contributed by atoms with Crippen molar-refractivity contribution in [1.29, 1.82) is 0 Å². The van der Waals surface area contributed by atoms with Gasteiger partial charge in [-0.05, 0) is 48.9 Å². The van der Waals surface area contributed by atoms with Crippen molar-refractivity contribution < 1.29 is 19.1 Å². The maximum Gasteiger partial charge on any atom is 0.333 e. The average Bonchev–Trinajstić information content (AvgIpc) is 3.29. The van der Waals surface area contributed by atoms with Gasteiger partial charge in [0.1, 0.15) is 11.3 Å². The lowest BCUT2D eigenvalue weighted by Gasteiger charge is -2.28. The van der Waals surface area contributed by atoms with E-state index in [9.17, 15) is 14.4 Å². The van der Waals surface area contributed by atoms with Gasteiger partial charge in [0.25, 0.3) is 11.8 Å². The molecular weight excluding hydrogens is 432 g/mol. The zero-order chi connectivity index (χ0) is 24.2. The number of ether oxygens (including phenoxy) is 1. The molecular formula is C26H26N4O4. The number of carbonyl (C=O) groups excluding carboxylic acids is 3. The predicted molar refractivity (Wildman–Crippen MR) is 128 cm³/mol. The van der Waals surface area contributed by atoms with Crippen molar-refractivity contribution in [2.24, 2.45) is 0 Å². The number of para-hydroxylation sites is 1. The number of carbonyl (C=O) groups is 3. The molecule has 0 saturated carbocycles. The number of imide groups is 2. The summed E-state index contributed by atoms with van der Waals surface area (Å²) in [4.78, 5) is 39.4. The van der Waals surface area contributed by atoms with E-state index in [0.717, 1.165) is 39.6 Å². The highest BCUT2D eigenvalue weighted by Gasteiger charge is 2.38. The van der Waals surface area contributed by atoms with Gasteiger partial charge in [-0.3, -0.25) is 19.4 Å². The zero-order valence-electron chi connectivity index (χ0n) is 19.4. The molecule has 8 nitrogen and oxygen atoms in total. The molecule has 174 valence electrons. The number of unbranched alkanes of at least 4 members (excludes halogenated alkanes) is 1. The molecule has 1 saturated heterocycles. The highest BCUT2D eigenvalue weighted by molar-refractivity contribution is 6.30. The maximum atomic E-state index is 12.7. The van der Waals surface area contributed by atoms with Gasteiger partial charge in [0.2, 0.25) is 0 Å². The molecule has 1 aromatic heterocycles. The summed E-state index contributed by atoms with van der Waals surface area (Å²) in [6.45, 7) is 2.76. The number of hydrogen-bond acceptors (Lipinski definition) is 5. The summed E-state index contributed by atoms with van der Waals surface area (Å²) >= 11 is 0. The third-order valence-corrected chi connectivity index (χ3v) is 5.60. The van der Waals surface area contributed by atoms with Crippen molar-refractivity contribution in [2.75, 3.05) is 20.7 Å². The number of urea groups is 1. The highest BCUT2D eigenvalue weighted by Crippen LogP contribution is 2.29. The summed E-state index contributed by atoms with van der Waals surface area (Å²) in [6, 6.07) is 16.4. The summed E-state index contributed by atoms with van der Waals surface area (Å²) in [6.07, 6.45) is 5.30. The monoisotopic (exact) mass is 458 g/mol. The SMILES string of the molecule is CCCCOc1ccc(-c2nn(-c3ccccc3)cc2C=C2C(=O)N(C)C(=O)N(C)C2=O)cc1. The molecule has 0 aliphatic carbocycles. The molecule has 0 N–H and O–H groups in total. The van der Waals surface area contributed by atoms with E-state index in [0.29, 0.717) is 17.9 Å². The first-order valence-corrected chi connectivity index (χ1v) is 11.1. The number of barbiturate groups is 1. The minimum absolute atomic E-state index is 0.0991. The largest absolute Gasteiger partial charge is 0.494 e. The van der Waals surface area contributed by atoms with Gasteiger partial charge in [-0.1, -0.05) is 31.5 Å². The molecule has 8 heteroatoms. The van der Waals surface area contributed by atoms with Gasteiger partial charge in [0, 0.05) is 31.4 Å². The van der Waals surface area contributed by atoms with Crippen molar-refractivity contribution in [1.82, 2.24) is 19.6 Å². The van der Waals surface area contributed by atoms with E-state index in [1.54, 1.807) is 10.9 Å². The molecule has 3 aromatic rings. The Labute approximate surface area is 198 Å². The van der Waals surface area contributed by atoms with Gasteiger partial charge in [0.05, 0.1) is 18.0 Å². The molecule has 2 aromatic carbocycles. The summed E-state index contributed by atoms with van der Waals surface area (Å²) in [5, 5.41) is 4.74. The van der Waals surface area contributed by atoms with Crippen LogP contribution in [0, 0.1) is 0 Å². The van der Waals surface area contributed by atoms with Gasteiger partial charge in [-0.2, -0.15) is 5.10 Å². The molecule has 2 heterocycles. The van der Waals surface area contributed by atoms with Crippen LogP contribution in [0.15, 0.2) is 66.4 Å². The number of benzene rings is 2. The molecule has 1 aliphatic heterocycles. The van der Waals surface area contributed by atoms with Gasteiger partial charge in [-0.25, -0.2) is 9.48 Å². The van der Waals surface area contributed by atoms with E-state index in [1.165, 1.54) is 20.2 Å². The van der Waals surface area contributed by atoms with Crippen LogP contribution in [0.5, 0.6) is 5.75 Å². The number of amides is 4. The number of aromatic nitrogens is 2. The fraction of sp³-hybridized carbons (Fsp3) is 0.231. The van der Waals surface area contributed by atoms with Crippen LogP contribution in [0.3, 0.4) is 0 Å². The molecule has 1 fully saturated rings. The van der Waals surface area contributed by atoms with Crippen molar-refractivity contribution in [3.05, 3.63) is 71.9 Å². The van der Waals surface area contributed by atoms with E-state index < -0.39 is 17.8 Å². The Bertz CT molecular complexity index is 1220. The number of likely N-dealkylation sites (N-methyl/N-ethyl adjacent to an activating group) is 2. The smallest absolute Gasteiger partial charge is 0.333 e. The third kappa shape index (κ3) is 4.47. The lowest BCUT2D eigenvalue weighted by molar-refractivity contribution is -0.134. The van der Waals surface area contributed by atoms with Crippen molar-refractivity contribution in [3.8, 4) is 22.7 Å². The van der Waals surface area contributed by atoms with Gasteiger partial charge in [-0.15, -0.1) is 0 Å². The normalized spacial score (nSPS) is 14.1. The first-order chi connectivity index (χ1) is 16.4. The topological polar surface area (TPSA) is 84.7 Å². The van der Waals surface area contributed by atoms with E-state index in [2.05, 4.69) is 6.92 Å². The fourth-order valence-corrected chi connectivity index (χ4v) is 3.60. The average molecular weight is 459 g/mol. The molecule has 34 heavy (non-hydrogen) atoms. The Hall–Kier alpha value is -4.20. The Balaban J connectivity index is 1.77. The molecule has 1 aliphatic rings. The Morgan fingerprint density at radius 2 is 1.56 bits per heavy atom. The molecule has 0 unspecified atom stereocenters. The molecule has 0 bridgehead atoms. The van der Waals surface area contributed by atoms with E-state index in [1.807, 2.05) is 54.6 Å². The zero-order valence-corrected chi connectivity index (χ0v) is 19.4. The summed E-state index contributed by atoms with van der Waals surface area (Å²) in [7, 11) is 2.71. The van der Waals surface area contributed by atoms with E-state index in [4.69, 9.17) is 9.84 Å². The van der Waals surface area contributed by atoms with Crippen LogP contribution in [-0.2, 0) is 9.59 Å². The van der Waals surface area contributed by atoms with Crippen LogP contribution in [0.2, 0.25) is 0 Å².